The highest BCUT2D eigenvalue weighted by atomic mass is 79.9. The van der Waals surface area contributed by atoms with Crippen LogP contribution in [0.25, 0.3) is 11.4 Å². The van der Waals surface area contributed by atoms with E-state index in [1.165, 1.54) is 5.56 Å². The minimum Gasteiger partial charge on any atom is -0.369 e. The molecule has 1 N–H and O–H groups in total. The Morgan fingerprint density at radius 3 is 2.29 bits per heavy atom. The molecule has 0 saturated carbocycles. The summed E-state index contributed by atoms with van der Waals surface area (Å²) in [5.41, 5.74) is 3.42. The number of hydrogen-bond donors (Lipinski definition) is 1. The minimum absolute atomic E-state index is 0.536. The summed E-state index contributed by atoms with van der Waals surface area (Å²) < 4.78 is 0.967. The van der Waals surface area contributed by atoms with Gasteiger partial charge in [-0.1, -0.05) is 45.0 Å². The van der Waals surface area contributed by atoms with Crippen molar-refractivity contribution >= 4 is 21.7 Å². The molecule has 0 aliphatic rings. The van der Waals surface area contributed by atoms with Crippen LogP contribution in [0, 0.1) is 0 Å². The van der Waals surface area contributed by atoms with Crippen molar-refractivity contribution in [1.82, 2.24) is 9.97 Å². The van der Waals surface area contributed by atoms with Gasteiger partial charge in [-0.05, 0) is 40.8 Å². The van der Waals surface area contributed by atoms with Gasteiger partial charge in [0.15, 0.2) is 5.82 Å². The van der Waals surface area contributed by atoms with Gasteiger partial charge < -0.3 is 5.32 Å². The van der Waals surface area contributed by atoms with Crippen LogP contribution in [0.3, 0.4) is 0 Å². The highest BCUT2D eigenvalue weighted by Crippen LogP contribution is 2.28. The summed E-state index contributed by atoms with van der Waals surface area (Å²) in [4.78, 5) is 9.33. The molecule has 0 saturated heterocycles. The number of aryl methyl sites for hydroxylation is 1. The molecule has 1 aromatic heterocycles. The zero-order valence-electron chi connectivity index (χ0n) is 13.1. The first kappa shape index (κ1) is 16.0. The van der Waals surface area contributed by atoms with E-state index in [4.69, 9.17) is 0 Å². The van der Waals surface area contributed by atoms with Crippen molar-refractivity contribution in [3.8, 4) is 11.4 Å². The topological polar surface area (TPSA) is 37.8 Å². The molecule has 0 atom stereocenters. The van der Waals surface area contributed by atoms with E-state index in [2.05, 4.69) is 83.2 Å². The van der Waals surface area contributed by atoms with Crippen LogP contribution in [0.1, 0.15) is 44.9 Å². The SMILES string of the molecule is CCNc1nc(-c2ccc(C(C)C)cc2)nc(CC)c1Br. The van der Waals surface area contributed by atoms with E-state index in [0.29, 0.717) is 5.92 Å². The van der Waals surface area contributed by atoms with Crippen LogP contribution in [-0.4, -0.2) is 16.5 Å². The highest BCUT2D eigenvalue weighted by molar-refractivity contribution is 9.10. The van der Waals surface area contributed by atoms with Crippen molar-refractivity contribution in [2.75, 3.05) is 11.9 Å². The normalized spacial score (nSPS) is 11.0. The zero-order chi connectivity index (χ0) is 15.4. The van der Waals surface area contributed by atoms with Crippen LogP contribution >= 0.6 is 15.9 Å². The van der Waals surface area contributed by atoms with Gasteiger partial charge in [0.25, 0.3) is 0 Å². The van der Waals surface area contributed by atoms with E-state index in [1.54, 1.807) is 0 Å². The number of benzene rings is 1. The van der Waals surface area contributed by atoms with Crippen LogP contribution in [0.5, 0.6) is 0 Å². The third-order valence-electron chi connectivity index (χ3n) is 3.43. The molecule has 1 aromatic carbocycles. The first-order chi connectivity index (χ1) is 10.1. The number of rotatable bonds is 5. The predicted molar refractivity (Wildman–Crippen MR) is 92.8 cm³/mol. The van der Waals surface area contributed by atoms with E-state index in [1.807, 2.05) is 0 Å². The fraction of sp³-hybridized carbons (Fsp3) is 0.412. The summed E-state index contributed by atoms with van der Waals surface area (Å²) in [7, 11) is 0. The Balaban J connectivity index is 2.45. The molecule has 0 radical (unpaired) electrons. The molecular weight excluding hydrogens is 326 g/mol. The van der Waals surface area contributed by atoms with Crippen LogP contribution in [0.15, 0.2) is 28.7 Å². The van der Waals surface area contributed by atoms with Crippen LogP contribution in [0.4, 0.5) is 5.82 Å². The molecule has 0 aliphatic heterocycles. The number of nitrogens with zero attached hydrogens (tertiary/aromatic N) is 2. The van der Waals surface area contributed by atoms with Gasteiger partial charge in [0, 0.05) is 12.1 Å². The number of anilines is 1. The Kier molecular flexibility index (Phi) is 5.34. The molecule has 0 aliphatic carbocycles. The Morgan fingerprint density at radius 2 is 1.76 bits per heavy atom. The van der Waals surface area contributed by atoms with E-state index in [9.17, 15) is 0 Å². The Hall–Kier alpha value is -1.42. The summed E-state index contributed by atoms with van der Waals surface area (Å²) in [6.45, 7) is 9.41. The Bertz CT molecular complexity index is 606. The molecule has 21 heavy (non-hydrogen) atoms. The van der Waals surface area contributed by atoms with Crippen molar-refractivity contribution in [1.29, 1.82) is 0 Å². The van der Waals surface area contributed by atoms with Crippen LogP contribution in [0.2, 0.25) is 0 Å². The van der Waals surface area contributed by atoms with E-state index >= 15 is 0 Å². The molecule has 1 heterocycles. The Morgan fingerprint density at radius 1 is 1.10 bits per heavy atom. The van der Waals surface area contributed by atoms with Gasteiger partial charge in [0.05, 0.1) is 10.2 Å². The fourth-order valence-corrected chi connectivity index (χ4v) is 2.76. The first-order valence-corrected chi connectivity index (χ1v) is 8.26. The second-order valence-electron chi connectivity index (χ2n) is 5.32. The van der Waals surface area contributed by atoms with Gasteiger partial charge in [-0.3, -0.25) is 0 Å². The van der Waals surface area contributed by atoms with Gasteiger partial charge in [0.2, 0.25) is 0 Å². The van der Waals surface area contributed by atoms with Crippen LogP contribution < -0.4 is 5.32 Å². The van der Waals surface area contributed by atoms with Gasteiger partial charge in [0.1, 0.15) is 5.82 Å². The maximum atomic E-state index is 4.68. The second-order valence-corrected chi connectivity index (χ2v) is 6.11. The quantitative estimate of drug-likeness (QED) is 0.824. The van der Waals surface area contributed by atoms with Crippen molar-refractivity contribution in [2.24, 2.45) is 0 Å². The molecule has 0 fully saturated rings. The summed E-state index contributed by atoms with van der Waals surface area (Å²) in [6, 6.07) is 8.52. The van der Waals surface area contributed by atoms with Crippen molar-refractivity contribution in [3.63, 3.8) is 0 Å². The van der Waals surface area contributed by atoms with Gasteiger partial charge in [-0.15, -0.1) is 0 Å². The van der Waals surface area contributed by atoms with E-state index in [0.717, 1.165) is 40.3 Å². The average molecular weight is 348 g/mol. The Labute approximate surface area is 135 Å². The smallest absolute Gasteiger partial charge is 0.161 e. The molecule has 3 nitrogen and oxygen atoms in total. The summed E-state index contributed by atoms with van der Waals surface area (Å²) in [6.07, 6.45) is 0.874. The summed E-state index contributed by atoms with van der Waals surface area (Å²) in [5, 5.41) is 3.29. The lowest BCUT2D eigenvalue weighted by atomic mass is 10.0. The molecule has 2 aromatic rings. The van der Waals surface area contributed by atoms with Gasteiger partial charge in [-0.2, -0.15) is 0 Å². The summed E-state index contributed by atoms with van der Waals surface area (Å²) >= 11 is 3.59. The second kappa shape index (κ2) is 7.03. The number of nitrogens with one attached hydrogen (secondary N) is 1. The van der Waals surface area contributed by atoms with Gasteiger partial charge >= 0.3 is 0 Å². The van der Waals surface area contributed by atoms with E-state index < -0.39 is 0 Å². The molecule has 0 unspecified atom stereocenters. The maximum Gasteiger partial charge on any atom is 0.161 e. The third-order valence-corrected chi connectivity index (χ3v) is 4.27. The van der Waals surface area contributed by atoms with Crippen molar-refractivity contribution in [2.45, 2.75) is 40.0 Å². The maximum absolute atomic E-state index is 4.68. The lowest BCUT2D eigenvalue weighted by molar-refractivity contribution is 0.866. The third kappa shape index (κ3) is 3.62. The lowest BCUT2D eigenvalue weighted by Gasteiger charge is -2.12. The molecule has 4 heteroatoms. The number of halogens is 1. The average Bonchev–Trinajstić information content (AvgIpc) is 2.49. The first-order valence-electron chi connectivity index (χ1n) is 7.47. The number of aromatic nitrogens is 2. The molecular formula is C17H22BrN3. The lowest BCUT2D eigenvalue weighted by Crippen LogP contribution is -2.05. The predicted octanol–water partition coefficient (Wildman–Crippen LogP) is 5.02. The van der Waals surface area contributed by atoms with Crippen LogP contribution in [-0.2, 0) is 6.42 Å². The standard InChI is InChI=1S/C17H22BrN3/c1-5-14-15(18)17(19-6-2)21-16(20-14)13-9-7-12(8-10-13)11(3)4/h7-11H,5-6H2,1-4H3,(H,19,20,21). The monoisotopic (exact) mass is 347 g/mol. The molecule has 2 rings (SSSR count). The van der Waals surface area contributed by atoms with Gasteiger partial charge in [-0.25, -0.2) is 9.97 Å². The zero-order valence-corrected chi connectivity index (χ0v) is 14.7. The highest BCUT2D eigenvalue weighted by Gasteiger charge is 2.12. The molecule has 0 amide bonds. The molecule has 0 spiro atoms. The fourth-order valence-electron chi connectivity index (χ4n) is 2.16. The minimum atomic E-state index is 0.536. The van der Waals surface area contributed by atoms with E-state index in [-0.39, 0.29) is 0 Å². The molecule has 0 bridgehead atoms. The largest absolute Gasteiger partial charge is 0.369 e. The summed E-state index contributed by atoms with van der Waals surface area (Å²) in [5.74, 6) is 2.18. The molecule has 112 valence electrons. The number of hydrogen-bond acceptors (Lipinski definition) is 3. The van der Waals surface area contributed by atoms with Crippen molar-refractivity contribution < 1.29 is 0 Å². The van der Waals surface area contributed by atoms with Crippen molar-refractivity contribution in [3.05, 3.63) is 40.0 Å².